The third kappa shape index (κ3) is 4.57. The number of hydrogen-bond donors (Lipinski definition) is 2. The second kappa shape index (κ2) is 7.66. The van der Waals surface area contributed by atoms with E-state index in [-0.39, 0.29) is 16.8 Å². The van der Waals surface area contributed by atoms with Crippen LogP contribution in [0.1, 0.15) is 45.6 Å². The molecule has 2 N–H and O–H groups in total. The van der Waals surface area contributed by atoms with Crippen LogP contribution in [-0.2, 0) is 14.8 Å². The molecule has 24 heavy (non-hydrogen) atoms. The number of rotatable bonds is 5. The van der Waals surface area contributed by atoms with Crippen LogP contribution < -0.4 is 10.0 Å². The zero-order valence-electron chi connectivity index (χ0n) is 14.9. The van der Waals surface area contributed by atoms with Gasteiger partial charge in [-0.1, -0.05) is 44.4 Å². The van der Waals surface area contributed by atoms with Gasteiger partial charge >= 0.3 is 0 Å². The standard InChI is InChI=1S/C18H28N2O3S/c1-12-8-10-16(11-9-12)24(22,23)20-15(4)18(21)19-17-7-5-6-13(2)14(17)3/h8-11,13-15,17,20H,5-7H2,1-4H3,(H,19,21). The number of benzene rings is 1. The summed E-state index contributed by atoms with van der Waals surface area (Å²) in [7, 11) is -3.70. The SMILES string of the molecule is Cc1ccc(S(=O)(=O)NC(C)C(=O)NC2CCCC(C)C2C)cc1. The number of sulfonamides is 1. The van der Waals surface area contributed by atoms with Crippen molar-refractivity contribution in [3.8, 4) is 0 Å². The molecular formula is C18H28N2O3S. The molecule has 134 valence electrons. The minimum atomic E-state index is -3.70. The van der Waals surface area contributed by atoms with Gasteiger partial charge in [-0.3, -0.25) is 4.79 Å². The summed E-state index contributed by atoms with van der Waals surface area (Å²) in [6.07, 6.45) is 3.23. The Morgan fingerprint density at radius 3 is 2.42 bits per heavy atom. The molecule has 0 spiro atoms. The highest BCUT2D eigenvalue weighted by atomic mass is 32.2. The summed E-state index contributed by atoms with van der Waals surface area (Å²) in [6, 6.07) is 5.89. The Kier molecular flexibility index (Phi) is 6.04. The first-order chi connectivity index (χ1) is 11.2. The molecule has 1 amide bonds. The number of nitrogens with one attached hydrogen (secondary N) is 2. The summed E-state index contributed by atoms with van der Waals surface area (Å²) >= 11 is 0. The van der Waals surface area contributed by atoms with Gasteiger partial charge in [0.05, 0.1) is 10.9 Å². The van der Waals surface area contributed by atoms with E-state index in [2.05, 4.69) is 23.9 Å². The molecule has 4 unspecified atom stereocenters. The first-order valence-electron chi connectivity index (χ1n) is 8.60. The molecule has 0 saturated heterocycles. The van der Waals surface area contributed by atoms with Gasteiger partial charge in [0.1, 0.15) is 0 Å². The monoisotopic (exact) mass is 352 g/mol. The van der Waals surface area contributed by atoms with Crippen LogP contribution in [0.15, 0.2) is 29.2 Å². The lowest BCUT2D eigenvalue weighted by Crippen LogP contribution is -2.51. The lowest BCUT2D eigenvalue weighted by Gasteiger charge is -2.35. The van der Waals surface area contributed by atoms with E-state index in [1.165, 1.54) is 6.42 Å². The molecule has 2 rings (SSSR count). The smallest absolute Gasteiger partial charge is 0.241 e. The maximum Gasteiger partial charge on any atom is 0.241 e. The predicted molar refractivity (Wildman–Crippen MR) is 95.1 cm³/mol. The van der Waals surface area contributed by atoms with E-state index in [0.717, 1.165) is 18.4 Å². The molecule has 1 aromatic carbocycles. The van der Waals surface area contributed by atoms with Gasteiger partial charge in [0, 0.05) is 6.04 Å². The van der Waals surface area contributed by atoms with Crippen LogP contribution in [0.5, 0.6) is 0 Å². The molecule has 0 aromatic heterocycles. The maximum absolute atomic E-state index is 12.4. The Labute approximate surface area is 145 Å². The highest BCUT2D eigenvalue weighted by Crippen LogP contribution is 2.29. The normalized spacial score (nSPS) is 25.9. The van der Waals surface area contributed by atoms with E-state index in [1.54, 1.807) is 31.2 Å². The number of carbonyl (C=O) groups is 1. The van der Waals surface area contributed by atoms with Crippen LogP contribution in [0.3, 0.4) is 0 Å². The Balaban J connectivity index is 1.99. The van der Waals surface area contributed by atoms with Crippen LogP contribution in [0, 0.1) is 18.8 Å². The summed E-state index contributed by atoms with van der Waals surface area (Å²) in [5.41, 5.74) is 0.986. The van der Waals surface area contributed by atoms with Gasteiger partial charge in [-0.05, 0) is 44.2 Å². The lowest BCUT2D eigenvalue weighted by atomic mass is 9.78. The van der Waals surface area contributed by atoms with Crippen LogP contribution in [-0.4, -0.2) is 26.4 Å². The first kappa shape index (κ1) is 18.9. The fourth-order valence-electron chi connectivity index (χ4n) is 3.17. The number of amides is 1. The number of aryl methyl sites for hydroxylation is 1. The van der Waals surface area contributed by atoms with Gasteiger partial charge in [-0.25, -0.2) is 8.42 Å². The average Bonchev–Trinajstić information content (AvgIpc) is 2.51. The van der Waals surface area contributed by atoms with E-state index < -0.39 is 16.1 Å². The van der Waals surface area contributed by atoms with Gasteiger partial charge < -0.3 is 5.32 Å². The first-order valence-corrected chi connectivity index (χ1v) is 10.1. The van der Waals surface area contributed by atoms with E-state index in [4.69, 9.17) is 0 Å². The molecule has 1 fully saturated rings. The van der Waals surface area contributed by atoms with Crippen LogP contribution in [0.25, 0.3) is 0 Å². The Morgan fingerprint density at radius 1 is 1.17 bits per heavy atom. The van der Waals surface area contributed by atoms with Gasteiger partial charge in [-0.2, -0.15) is 4.72 Å². The quantitative estimate of drug-likeness (QED) is 0.855. The topological polar surface area (TPSA) is 75.3 Å². The zero-order chi connectivity index (χ0) is 17.9. The molecular weight excluding hydrogens is 324 g/mol. The minimum Gasteiger partial charge on any atom is -0.352 e. The second-order valence-electron chi connectivity index (χ2n) is 7.04. The molecule has 6 heteroatoms. The molecule has 0 aliphatic heterocycles. The largest absolute Gasteiger partial charge is 0.352 e. The van der Waals surface area contributed by atoms with Gasteiger partial charge in [0.15, 0.2) is 0 Å². The van der Waals surface area contributed by atoms with Crippen molar-refractivity contribution in [2.24, 2.45) is 11.8 Å². The van der Waals surface area contributed by atoms with E-state index in [0.29, 0.717) is 11.8 Å². The van der Waals surface area contributed by atoms with Crippen molar-refractivity contribution in [1.82, 2.24) is 10.0 Å². The van der Waals surface area contributed by atoms with Crippen molar-refractivity contribution in [3.05, 3.63) is 29.8 Å². The lowest BCUT2D eigenvalue weighted by molar-refractivity contribution is -0.123. The van der Waals surface area contributed by atoms with Crippen molar-refractivity contribution < 1.29 is 13.2 Å². The summed E-state index contributed by atoms with van der Waals surface area (Å²) < 4.78 is 27.2. The fraction of sp³-hybridized carbons (Fsp3) is 0.611. The predicted octanol–water partition coefficient (Wildman–Crippen LogP) is 2.60. The van der Waals surface area contributed by atoms with E-state index >= 15 is 0 Å². The molecule has 1 saturated carbocycles. The average molecular weight is 353 g/mol. The molecule has 0 radical (unpaired) electrons. The van der Waals surface area contributed by atoms with E-state index in [9.17, 15) is 13.2 Å². The van der Waals surface area contributed by atoms with Gasteiger partial charge in [-0.15, -0.1) is 0 Å². The maximum atomic E-state index is 12.4. The second-order valence-corrected chi connectivity index (χ2v) is 8.75. The van der Waals surface area contributed by atoms with Crippen LogP contribution >= 0.6 is 0 Å². The number of carbonyl (C=O) groups excluding carboxylic acids is 1. The van der Waals surface area contributed by atoms with Crippen LogP contribution in [0.2, 0.25) is 0 Å². The molecule has 1 aliphatic carbocycles. The molecule has 0 heterocycles. The van der Waals surface area contributed by atoms with Gasteiger partial charge in [0.2, 0.25) is 15.9 Å². The molecule has 5 nitrogen and oxygen atoms in total. The Hall–Kier alpha value is -1.40. The van der Waals surface area contributed by atoms with E-state index in [1.807, 2.05) is 6.92 Å². The molecule has 1 aliphatic rings. The number of hydrogen-bond acceptors (Lipinski definition) is 3. The van der Waals surface area contributed by atoms with Crippen molar-refractivity contribution in [1.29, 1.82) is 0 Å². The molecule has 4 atom stereocenters. The van der Waals surface area contributed by atoms with Gasteiger partial charge in [0.25, 0.3) is 0 Å². The third-order valence-corrected chi connectivity index (χ3v) is 6.65. The zero-order valence-corrected chi connectivity index (χ0v) is 15.7. The van der Waals surface area contributed by atoms with Crippen molar-refractivity contribution in [2.75, 3.05) is 0 Å². The van der Waals surface area contributed by atoms with Crippen molar-refractivity contribution >= 4 is 15.9 Å². The van der Waals surface area contributed by atoms with Crippen molar-refractivity contribution in [2.45, 2.75) is 63.9 Å². The highest BCUT2D eigenvalue weighted by molar-refractivity contribution is 7.89. The van der Waals surface area contributed by atoms with Crippen LogP contribution in [0.4, 0.5) is 0 Å². The van der Waals surface area contributed by atoms with Crippen molar-refractivity contribution in [3.63, 3.8) is 0 Å². The fourth-order valence-corrected chi connectivity index (χ4v) is 4.37. The Bertz CT molecular complexity index is 670. The highest BCUT2D eigenvalue weighted by Gasteiger charge is 2.30. The summed E-state index contributed by atoms with van der Waals surface area (Å²) in [5, 5.41) is 3.02. The summed E-state index contributed by atoms with van der Waals surface area (Å²) in [4.78, 5) is 12.6. The summed E-state index contributed by atoms with van der Waals surface area (Å²) in [6.45, 7) is 7.83. The molecule has 1 aromatic rings. The Morgan fingerprint density at radius 2 is 1.79 bits per heavy atom. The third-order valence-electron chi connectivity index (χ3n) is 5.09. The summed E-state index contributed by atoms with van der Waals surface area (Å²) in [5.74, 6) is 0.712. The minimum absolute atomic E-state index is 0.118. The molecule has 0 bridgehead atoms.